The minimum Gasteiger partial charge on any atom is -0.395 e. The summed E-state index contributed by atoms with van der Waals surface area (Å²) >= 11 is 0. The van der Waals surface area contributed by atoms with Crippen LogP contribution in [0, 0.1) is 15.9 Å². The highest BCUT2D eigenvalue weighted by molar-refractivity contribution is 7.89. The number of nitro benzene ring substituents is 1. The normalized spacial score (nSPS) is 13.2. The molecule has 0 spiro atoms. The third-order valence-corrected chi connectivity index (χ3v) is 3.98. The molecule has 0 fully saturated rings. The van der Waals surface area contributed by atoms with Gasteiger partial charge in [0.1, 0.15) is 0 Å². The van der Waals surface area contributed by atoms with Crippen molar-refractivity contribution in [1.82, 2.24) is 4.72 Å². The van der Waals surface area contributed by atoms with Crippen LogP contribution >= 0.6 is 0 Å². The number of halogens is 1. The highest BCUT2D eigenvalue weighted by Crippen LogP contribution is 2.21. The van der Waals surface area contributed by atoms with Crippen molar-refractivity contribution >= 4 is 15.7 Å². The number of rotatable bonds is 6. The van der Waals surface area contributed by atoms with Gasteiger partial charge in [0.15, 0.2) is 0 Å². The topological polar surface area (TPSA) is 110 Å². The van der Waals surface area contributed by atoms with E-state index in [-0.39, 0.29) is 0 Å². The maximum Gasteiger partial charge on any atom is 0.306 e. The van der Waals surface area contributed by atoms with Gasteiger partial charge < -0.3 is 5.11 Å². The Morgan fingerprint density at radius 3 is 2.63 bits per heavy atom. The molecule has 1 atom stereocenters. The number of aliphatic hydroxyl groups is 1. The van der Waals surface area contributed by atoms with Gasteiger partial charge in [-0.15, -0.1) is 0 Å². The van der Waals surface area contributed by atoms with Crippen LogP contribution in [0.2, 0.25) is 0 Å². The second kappa shape index (κ2) is 6.04. The van der Waals surface area contributed by atoms with Gasteiger partial charge in [0.25, 0.3) is 0 Å². The molecule has 0 aliphatic heterocycles. The number of benzene rings is 1. The quantitative estimate of drug-likeness (QED) is 0.595. The zero-order valence-electron chi connectivity index (χ0n) is 10.0. The first-order valence-electron chi connectivity index (χ1n) is 5.39. The molecule has 0 aliphatic carbocycles. The van der Waals surface area contributed by atoms with Crippen molar-refractivity contribution in [3.8, 4) is 0 Å². The van der Waals surface area contributed by atoms with E-state index in [1.54, 1.807) is 6.92 Å². The molecule has 1 aromatic rings. The average Bonchev–Trinajstić information content (AvgIpc) is 2.35. The van der Waals surface area contributed by atoms with Gasteiger partial charge in [0.05, 0.1) is 16.4 Å². The highest BCUT2D eigenvalue weighted by Gasteiger charge is 2.23. The summed E-state index contributed by atoms with van der Waals surface area (Å²) in [6.07, 6.45) is 0.346. The fourth-order valence-corrected chi connectivity index (χ4v) is 2.67. The first-order valence-corrected chi connectivity index (χ1v) is 6.87. The predicted octanol–water partition coefficient (Wildman–Crippen LogP) is 0.783. The molecule has 0 bridgehead atoms. The molecule has 9 heteroatoms. The fourth-order valence-electron chi connectivity index (χ4n) is 1.34. The van der Waals surface area contributed by atoms with Gasteiger partial charge in [0.2, 0.25) is 15.8 Å². The first kappa shape index (κ1) is 15.5. The van der Waals surface area contributed by atoms with E-state index in [2.05, 4.69) is 4.72 Å². The summed E-state index contributed by atoms with van der Waals surface area (Å²) in [7, 11) is -4.04. The van der Waals surface area contributed by atoms with Gasteiger partial charge in [-0.2, -0.15) is 4.39 Å². The SMILES string of the molecule is CC[C@H](CO)NS(=O)(=O)c1ccc(F)c([N+](=O)[O-])c1. The Hall–Kier alpha value is -1.58. The molecule has 0 saturated heterocycles. The molecule has 0 saturated carbocycles. The van der Waals surface area contributed by atoms with E-state index in [4.69, 9.17) is 5.11 Å². The lowest BCUT2D eigenvalue weighted by atomic mass is 10.3. The van der Waals surface area contributed by atoms with E-state index in [0.717, 1.165) is 6.07 Å². The summed E-state index contributed by atoms with van der Waals surface area (Å²) < 4.78 is 39.0. The second-order valence-electron chi connectivity index (χ2n) is 3.78. The van der Waals surface area contributed by atoms with E-state index < -0.39 is 44.0 Å². The van der Waals surface area contributed by atoms with Crippen LogP contribution in [0.4, 0.5) is 10.1 Å². The van der Waals surface area contributed by atoms with Crippen LogP contribution in [-0.2, 0) is 10.0 Å². The minimum absolute atomic E-state index is 0.346. The zero-order valence-corrected chi connectivity index (χ0v) is 10.9. The molecule has 0 radical (unpaired) electrons. The van der Waals surface area contributed by atoms with E-state index in [1.165, 1.54) is 0 Å². The Kier molecular flexibility index (Phi) is 4.92. The number of hydrogen-bond acceptors (Lipinski definition) is 5. The van der Waals surface area contributed by atoms with E-state index in [1.807, 2.05) is 0 Å². The molecule has 0 unspecified atom stereocenters. The van der Waals surface area contributed by atoms with Crippen LogP contribution < -0.4 is 4.72 Å². The number of nitrogens with zero attached hydrogens (tertiary/aromatic N) is 1. The van der Waals surface area contributed by atoms with E-state index in [0.29, 0.717) is 18.6 Å². The smallest absolute Gasteiger partial charge is 0.306 e. The van der Waals surface area contributed by atoms with Crippen molar-refractivity contribution in [2.45, 2.75) is 24.3 Å². The van der Waals surface area contributed by atoms with Crippen LogP contribution in [0.5, 0.6) is 0 Å². The Morgan fingerprint density at radius 2 is 2.16 bits per heavy atom. The average molecular weight is 292 g/mol. The number of sulfonamides is 1. The van der Waals surface area contributed by atoms with Crippen molar-refractivity contribution in [1.29, 1.82) is 0 Å². The van der Waals surface area contributed by atoms with Crippen molar-refractivity contribution in [2.24, 2.45) is 0 Å². The monoisotopic (exact) mass is 292 g/mol. The molecule has 0 aromatic heterocycles. The lowest BCUT2D eigenvalue weighted by molar-refractivity contribution is -0.387. The lowest BCUT2D eigenvalue weighted by Gasteiger charge is -2.14. The van der Waals surface area contributed by atoms with Crippen LogP contribution in [0.15, 0.2) is 23.1 Å². The predicted molar refractivity (Wildman–Crippen MR) is 64.5 cm³/mol. The van der Waals surface area contributed by atoms with Gasteiger partial charge in [-0.3, -0.25) is 10.1 Å². The molecule has 0 amide bonds. The van der Waals surface area contributed by atoms with Gasteiger partial charge in [-0.05, 0) is 18.6 Å². The van der Waals surface area contributed by atoms with Crippen molar-refractivity contribution in [3.05, 3.63) is 34.1 Å². The van der Waals surface area contributed by atoms with Crippen molar-refractivity contribution in [3.63, 3.8) is 0 Å². The summed E-state index contributed by atoms with van der Waals surface area (Å²) in [6, 6.07) is 1.58. The molecule has 19 heavy (non-hydrogen) atoms. The lowest BCUT2D eigenvalue weighted by Crippen LogP contribution is -2.36. The molecule has 1 rings (SSSR count). The molecule has 2 N–H and O–H groups in total. The van der Waals surface area contributed by atoms with Crippen molar-refractivity contribution in [2.75, 3.05) is 6.61 Å². The number of hydrogen-bond donors (Lipinski definition) is 2. The first-order chi connectivity index (χ1) is 8.81. The van der Waals surface area contributed by atoms with Gasteiger partial charge in [0, 0.05) is 12.1 Å². The molecule has 0 aliphatic rings. The Bertz CT molecular complexity index is 571. The summed E-state index contributed by atoms with van der Waals surface area (Å²) in [5.41, 5.74) is -0.917. The summed E-state index contributed by atoms with van der Waals surface area (Å²) in [6.45, 7) is 1.26. The number of nitrogens with one attached hydrogen (secondary N) is 1. The maximum atomic E-state index is 13.1. The molecular weight excluding hydrogens is 279 g/mol. The summed E-state index contributed by atoms with van der Waals surface area (Å²) in [5.74, 6) is -1.11. The van der Waals surface area contributed by atoms with Crippen LogP contribution in [-0.4, -0.2) is 31.1 Å². The maximum absolute atomic E-state index is 13.1. The zero-order chi connectivity index (χ0) is 14.6. The van der Waals surface area contributed by atoms with Crippen LogP contribution in [0.25, 0.3) is 0 Å². The minimum atomic E-state index is -4.04. The highest BCUT2D eigenvalue weighted by atomic mass is 32.2. The summed E-state index contributed by atoms with van der Waals surface area (Å²) in [5, 5.41) is 19.5. The van der Waals surface area contributed by atoms with Crippen molar-refractivity contribution < 1.29 is 22.8 Å². The fraction of sp³-hybridized carbons (Fsp3) is 0.400. The third kappa shape index (κ3) is 3.69. The standard InChI is InChI=1S/C10H13FN2O5S/c1-2-7(6-14)12-19(17,18)8-3-4-9(11)10(5-8)13(15)16/h3-5,7,12,14H,2,6H2,1H3/t7-/m1/s1. The van der Waals surface area contributed by atoms with E-state index in [9.17, 15) is 22.9 Å². The van der Waals surface area contributed by atoms with Gasteiger partial charge in [-0.1, -0.05) is 6.92 Å². The Labute approximate surface area is 109 Å². The third-order valence-electron chi connectivity index (χ3n) is 2.46. The Morgan fingerprint density at radius 1 is 1.53 bits per heavy atom. The van der Waals surface area contributed by atoms with Gasteiger partial charge >= 0.3 is 5.69 Å². The van der Waals surface area contributed by atoms with E-state index >= 15 is 0 Å². The molecular formula is C10H13FN2O5S. The molecule has 106 valence electrons. The molecule has 7 nitrogen and oxygen atoms in total. The Balaban J connectivity index is 3.15. The van der Waals surface area contributed by atoms with Gasteiger partial charge in [-0.25, -0.2) is 13.1 Å². The van der Waals surface area contributed by atoms with Crippen LogP contribution in [0.1, 0.15) is 13.3 Å². The second-order valence-corrected chi connectivity index (χ2v) is 5.49. The van der Waals surface area contributed by atoms with Crippen LogP contribution in [0.3, 0.4) is 0 Å². The molecule has 1 aromatic carbocycles. The number of aliphatic hydroxyl groups excluding tert-OH is 1. The number of nitro groups is 1. The largest absolute Gasteiger partial charge is 0.395 e. The molecule has 0 heterocycles. The summed E-state index contributed by atoms with van der Waals surface area (Å²) in [4.78, 5) is 9.12.